The highest BCUT2D eigenvalue weighted by Gasteiger charge is 2.27. The quantitative estimate of drug-likeness (QED) is 0.879. The Labute approximate surface area is 128 Å². The van der Waals surface area contributed by atoms with E-state index in [9.17, 15) is 4.79 Å². The van der Waals surface area contributed by atoms with Crippen LogP contribution in [0.1, 0.15) is 24.2 Å². The van der Waals surface area contributed by atoms with Crippen molar-refractivity contribution in [2.75, 3.05) is 23.3 Å². The number of nitrogens with zero attached hydrogens (tertiary/aromatic N) is 5. The van der Waals surface area contributed by atoms with Crippen LogP contribution in [0.15, 0.2) is 12.4 Å². The summed E-state index contributed by atoms with van der Waals surface area (Å²) in [4.78, 5) is 27.3. The molecule has 3 rings (SSSR count). The number of amides is 1. The second kappa shape index (κ2) is 6.08. The predicted molar refractivity (Wildman–Crippen MR) is 81.5 cm³/mol. The minimum absolute atomic E-state index is 0.0502. The van der Waals surface area contributed by atoms with Gasteiger partial charge in [-0.2, -0.15) is 10.1 Å². The van der Waals surface area contributed by atoms with Crippen molar-refractivity contribution in [1.29, 1.82) is 0 Å². The Morgan fingerprint density at radius 3 is 2.82 bits per heavy atom. The molecule has 0 saturated carbocycles. The van der Waals surface area contributed by atoms with Crippen molar-refractivity contribution in [2.45, 2.75) is 26.7 Å². The highest BCUT2D eigenvalue weighted by Crippen LogP contribution is 2.21. The third kappa shape index (κ3) is 3.21. The average Bonchev–Trinajstić information content (AvgIpc) is 2.99. The van der Waals surface area contributed by atoms with Crippen molar-refractivity contribution in [2.24, 2.45) is 5.92 Å². The maximum absolute atomic E-state index is 12.3. The van der Waals surface area contributed by atoms with Gasteiger partial charge in [0.2, 0.25) is 17.8 Å². The third-order valence-corrected chi connectivity index (χ3v) is 3.70. The summed E-state index contributed by atoms with van der Waals surface area (Å²) >= 11 is 0. The number of nitrogens with one attached hydrogen (secondary N) is 2. The normalized spacial score (nSPS) is 18.3. The number of hydrogen-bond donors (Lipinski definition) is 2. The number of aromatic amines is 1. The molecule has 1 aliphatic rings. The standard InChI is InChI=1S/C14H19N7O/c1-9-6-10(2)18-14(17-9)21-5-3-4-11(7-21)12(22)19-13-15-8-16-20-13/h6,8,11H,3-5,7H2,1-2H3,(H2,15,16,19,20,22). The molecule has 0 bridgehead atoms. The third-order valence-electron chi connectivity index (χ3n) is 3.70. The fourth-order valence-electron chi connectivity index (χ4n) is 2.71. The summed E-state index contributed by atoms with van der Waals surface area (Å²) in [7, 11) is 0. The van der Waals surface area contributed by atoms with Gasteiger partial charge in [0.05, 0.1) is 5.92 Å². The number of aromatic nitrogens is 5. The van der Waals surface area contributed by atoms with Crippen LogP contribution < -0.4 is 10.2 Å². The molecule has 2 aromatic rings. The molecule has 1 amide bonds. The second-order valence-electron chi connectivity index (χ2n) is 5.56. The first-order chi connectivity index (χ1) is 10.6. The van der Waals surface area contributed by atoms with Gasteiger partial charge in [-0.25, -0.2) is 15.1 Å². The van der Waals surface area contributed by atoms with E-state index in [1.165, 1.54) is 6.33 Å². The van der Waals surface area contributed by atoms with Gasteiger partial charge < -0.3 is 4.90 Å². The molecular weight excluding hydrogens is 282 g/mol. The molecule has 3 heterocycles. The molecule has 8 heteroatoms. The summed E-state index contributed by atoms with van der Waals surface area (Å²) in [5.41, 5.74) is 1.88. The van der Waals surface area contributed by atoms with Crippen molar-refractivity contribution >= 4 is 17.8 Å². The van der Waals surface area contributed by atoms with Gasteiger partial charge in [0.15, 0.2) is 0 Å². The lowest BCUT2D eigenvalue weighted by molar-refractivity contribution is -0.120. The lowest BCUT2D eigenvalue weighted by Crippen LogP contribution is -2.41. The number of piperidine rings is 1. The molecular formula is C14H19N7O. The fourth-order valence-corrected chi connectivity index (χ4v) is 2.71. The fraction of sp³-hybridized carbons (Fsp3) is 0.500. The summed E-state index contributed by atoms with van der Waals surface area (Å²) in [6.07, 6.45) is 3.15. The summed E-state index contributed by atoms with van der Waals surface area (Å²) in [5, 5.41) is 9.11. The van der Waals surface area contributed by atoms with Crippen LogP contribution in [0.3, 0.4) is 0 Å². The van der Waals surface area contributed by atoms with Crippen LogP contribution in [0.2, 0.25) is 0 Å². The van der Waals surface area contributed by atoms with E-state index in [-0.39, 0.29) is 11.8 Å². The Morgan fingerprint density at radius 2 is 2.14 bits per heavy atom. The predicted octanol–water partition coefficient (Wildman–Crippen LogP) is 1.07. The molecule has 0 spiro atoms. The highest BCUT2D eigenvalue weighted by molar-refractivity contribution is 5.91. The zero-order valence-electron chi connectivity index (χ0n) is 12.7. The summed E-state index contributed by atoms with van der Waals surface area (Å²) in [5.74, 6) is 0.925. The van der Waals surface area contributed by atoms with Gasteiger partial charge in [0, 0.05) is 24.5 Å². The number of aryl methyl sites for hydroxylation is 2. The molecule has 1 unspecified atom stereocenters. The van der Waals surface area contributed by atoms with Crippen molar-refractivity contribution in [3.8, 4) is 0 Å². The van der Waals surface area contributed by atoms with Gasteiger partial charge in [-0.1, -0.05) is 0 Å². The zero-order chi connectivity index (χ0) is 15.5. The van der Waals surface area contributed by atoms with E-state index >= 15 is 0 Å². The van der Waals surface area contributed by atoms with Gasteiger partial charge in [-0.05, 0) is 32.8 Å². The Morgan fingerprint density at radius 1 is 1.36 bits per heavy atom. The van der Waals surface area contributed by atoms with E-state index in [1.807, 2.05) is 19.9 Å². The van der Waals surface area contributed by atoms with E-state index in [1.54, 1.807) is 0 Å². The van der Waals surface area contributed by atoms with Crippen molar-refractivity contribution in [3.05, 3.63) is 23.8 Å². The van der Waals surface area contributed by atoms with E-state index in [0.29, 0.717) is 18.4 Å². The van der Waals surface area contributed by atoms with E-state index in [0.717, 1.165) is 30.8 Å². The summed E-state index contributed by atoms with van der Waals surface area (Å²) in [6, 6.07) is 1.95. The van der Waals surface area contributed by atoms with Crippen LogP contribution >= 0.6 is 0 Å². The van der Waals surface area contributed by atoms with Gasteiger partial charge in [0.1, 0.15) is 6.33 Å². The van der Waals surface area contributed by atoms with E-state index in [4.69, 9.17) is 0 Å². The smallest absolute Gasteiger partial charge is 0.231 e. The summed E-state index contributed by atoms with van der Waals surface area (Å²) < 4.78 is 0. The van der Waals surface area contributed by atoms with E-state index in [2.05, 4.69) is 35.4 Å². The summed E-state index contributed by atoms with van der Waals surface area (Å²) in [6.45, 7) is 5.39. The number of hydrogen-bond acceptors (Lipinski definition) is 6. The second-order valence-corrected chi connectivity index (χ2v) is 5.56. The first-order valence-electron chi connectivity index (χ1n) is 7.35. The molecule has 1 saturated heterocycles. The number of H-pyrrole nitrogens is 1. The van der Waals surface area contributed by atoms with Gasteiger partial charge >= 0.3 is 0 Å². The molecule has 0 aromatic carbocycles. The molecule has 2 N–H and O–H groups in total. The number of anilines is 2. The number of carbonyl (C=O) groups excluding carboxylic acids is 1. The molecule has 0 radical (unpaired) electrons. The monoisotopic (exact) mass is 301 g/mol. The Balaban J connectivity index is 1.69. The lowest BCUT2D eigenvalue weighted by atomic mass is 9.97. The number of carbonyl (C=O) groups is 1. The Hall–Kier alpha value is -2.51. The largest absolute Gasteiger partial charge is 0.340 e. The minimum atomic E-state index is -0.108. The molecule has 1 fully saturated rings. The van der Waals surface area contributed by atoms with Crippen LogP contribution in [0, 0.1) is 19.8 Å². The van der Waals surface area contributed by atoms with Crippen molar-refractivity contribution in [3.63, 3.8) is 0 Å². The van der Waals surface area contributed by atoms with Crippen LogP contribution in [0.5, 0.6) is 0 Å². The minimum Gasteiger partial charge on any atom is -0.340 e. The highest BCUT2D eigenvalue weighted by atomic mass is 16.2. The molecule has 22 heavy (non-hydrogen) atoms. The molecule has 0 aliphatic carbocycles. The first kappa shape index (κ1) is 14.4. The zero-order valence-corrected chi connectivity index (χ0v) is 12.7. The van der Waals surface area contributed by atoms with Crippen molar-refractivity contribution < 1.29 is 4.79 Å². The maximum Gasteiger partial charge on any atom is 0.231 e. The van der Waals surface area contributed by atoms with Crippen molar-refractivity contribution in [1.82, 2.24) is 25.1 Å². The Kier molecular flexibility index (Phi) is 3.99. The van der Waals surface area contributed by atoms with E-state index < -0.39 is 0 Å². The maximum atomic E-state index is 12.3. The molecule has 8 nitrogen and oxygen atoms in total. The molecule has 2 aromatic heterocycles. The van der Waals surface area contributed by atoms with Crippen LogP contribution in [-0.2, 0) is 4.79 Å². The average molecular weight is 301 g/mol. The van der Waals surface area contributed by atoms with Gasteiger partial charge in [-0.3, -0.25) is 10.1 Å². The van der Waals surface area contributed by atoms with Crippen LogP contribution in [-0.4, -0.2) is 44.1 Å². The van der Waals surface area contributed by atoms with Gasteiger partial charge in [0.25, 0.3) is 0 Å². The molecule has 1 aliphatic heterocycles. The Bertz CT molecular complexity index is 635. The molecule has 116 valence electrons. The molecule has 1 atom stereocenters. The van der Waals surface area contributed by atoms with Gasteiger partial charge in [-0.15, -0.1) is 0 Å². The van der Waals surface area contributed by atoms with Crippen LogP contribution in [0.4, 0.5) is 11.9 Å². The first-order valence-corrected chi connectivity index (χ1v) is 7.35. The lowest BCUT2D eigenvalue weighted by Gasteiger charge is -2.32. The number of rotatable bonds is 3. The topological polar surface area (TPSA) is 99.7 Å². The SMILES string of the molecule is Cc1cc(C)nc(N2CCCC(C(=O)Nc3ncn[nH]3)C2)n1. The van der Waals surface area contributed by atoms with Crippen LogP contribution in [0.25, 0.3) is 0 Å².